The number of aromatic nitrogens is 3. The fourth-order valence-electron chi connectivity index (χ4n) is 5.71. The Morgan fingerprint density at radius 2 is 1.69 bits per heavy atom. The summed E-state index contributed by atoms with van der Waals surface area (Å²) in [6.45, 7) is 6.24. The average Bonchev–Trinajstić information content (AvgIpc) is 3.42. The number of amides is 2. The van der Waals surface area contributed by atoms with Gasteiger partial charge in [-0.25, -0.2) is 9.67 Å². The maximum absolute atomic E-state index is 12.9. The predicted molar refractivity (Wildman–Crippen MR) is 151 cm³/mol. The molecule has 0 radical (unpaired) electrons. The maximum atomic E-state index is 12.9. The standard InChI is InChI=1S/C31H40N6O2/c1-2-31(39)36-21-25(22-36)20-30(38)33-28(26-11-7-4-8-12-26)15-18-35-16-13-27(14-17-35)37-23-32-29(34-37)19-24-9-5-3-6-10-24/h3-12,23,25,27-28H,2,13-22H2,1H3,(H,33,38)/t28-/m0/s1. The molecule has 2 aliphatic rings. The van der Waals surface area contributed by atoms with Gasteiger partial charge in [0.2, 0.25) is 11.8 Å². The van der Waals surface area contributed by atoms with Gasteiger partial charge in [0.15, 0.2) is 5.82 Å². The van der Waals surface area contributed by atoms with E-state index in [0.29, 0.717) is 32.0 Å². The molecular formula is C31H40N6O2. The first kappa shape index (κ1) is 27.1. The fraction of sp³-hybridized carbons (Fsp3) is 0.484. The number of nitrogens with zero attached hydrogens (tertiary/aromatic N) is 5. The second kappa shape index (κ2) is 13.0. The molecule has 0 spiro atoms. The summed E-state index contributed by atoms with van der Waals surface area (Å²) in [5.74, 6) is 1.39. The Bertz CT molecular complexity index is 1200. The van der Waals surface area contributed by atoms with Crippen LogP contribution in [0.25, 0.3) is 0 Å². The van der Waals surface area contributed by atoms with Gasteiger partial charge in [0.05, 0.1) is 12.1 Å². The Morgan fingerprint density at radius 1 is 1.00 bits per heavy atom. The number of hydrogen-bond donors (Lipinski definition) is 1. The van der Waals surface area contributed by atoms with E-state index in [9.17, 15) is 9.59 Å². The fourth-order valence-corrected chi connectivity index (χ4v) is 5.71. The molecule has 206 valence electrons. The van der Waals surface area contributed by atoms with E-state index in [2.05, 4.69) is 44.1 Å². The molecule has 0 aliphatic carbocycles. The van der Waals surface area contributed by atoms with Crippen molar-refractivity contribution in [2.24, 2.45) is 5.92 Å². The number of likely N-dealkylation sites (tertiary alicyclic amines) is 2. The molecule has 0 unspecified atom stereocenters. The van der Waals surface area contributed by atoms with Gasteiger partial charge in [-0.3, -0.25) is 9.59 Å². The topological polar surface area (TPSA) is 83.4 Å². The maximum Gasteiger partial charge on any atom is 0.222 e. The molecule has 2 fully saturated rings. The SMILES string of the molecule is CCC(=O)N1CC(CC(=O)N[C@@H](CCN2CCC(n3cnc(Cc4ccccc4)n3)CC2)c2ccccc2)C1. The molecule has 1 N–H and O–H groups in total. The van der Waals surface area contributed by atoms with Crippen LogP contribution in [0.4, 0.5) is 0 Å². The molecule has 3 aromatic rings. The summed E-state index contributed by atoms with van der Waals surface area (Å²) < 4.78 is 2.05. The number of hydrogen-bond acceptors (Lipinski definition) is 5. The van der Waals surface area contributed by atoms with Crippen molar-refractivity contribution in [2.45, 2.75) is 57.5 Å². The lowest BCUT2D eigenvalue weighted by Gasteiger charge is -2.39. The number of piperidine rings is 1. The second-order valence-corrected chi connectivity index (χ2v) is 10.9. The second-order valence-electron chi connectivity index (χ2n) is 10.9. The van der Waals surface area contributed by atoms with E-state index in [-0.39, 0.29) is 23.8 Å². The van der Waals surface area contributed by atoms with Gasteiger partial charge in [0.25, 0.3) is 0 Å². The molecule has 3 heterocycles. The predicted octanol–water partition coefficient (Wildman–Crippen LogP) is 4.01. The van der Waals surface area contributed by atoms with Crippen molar-refractivity contribution in [1.82, 2.24) is 29.9 Å². The van der Waals surface area contributed by atoms with Crippen molar-refractivity contribution in [3.63, 3.8) is 0 Å². The van der Waals surface area contributed by atoms with Crippen molar-refractivity contribution >= 4 is 11.8 Å². The summed E-state index contributed by atoms with van der Waals surface area (Å²) in [7, 11) is 0. The molecule has 5 rings (SSSR count). The minimum atomic E-state index is -0.0132. The molecule has 1 aromatic heterocycles. The zero-order valence-corrected chi connectivity index (χ0v) is 22.9. The molecule has 2 aliphatic heterocycles. The van der Waals surface area contributed by atoms with Gasteiger partial charge in [-0.15, -0.1) is 0 Å². The quantitative estimate of drug-likeness (QED) is 0.407. The molecule has 1 atom stereocenters. The monoisotopic (exact) mass is 528 g/mol. The molecule has 2 aromatic carbocycles. The third kappa shape index (κ3) is 7.32. The zero-order valence-electron chi connectivity index (χ0n) is 22.9. The molecule has 2 amide bonds. The van der Waals surface area contributed by atoms with E-state index >= 15 is 0 Å². The lowest BCUT2D eigenvalue weighted by molar-refractivity contribution is -0.139. The highest BCUT2D eigenvalue weighted by Gasteiger charge is 2.31. The van der Waals surface area contributed by atoms with Gasteiger partial charge in [0.1, 0.15) is 6.33 Å². The van der Waals surface area contributed by atoms with Crippen LogP contribution >= 0.6 is 0 Å². The molecule has 8 heteroatoms. The molecule has 8 nitrogen and oxygen atoms in total. The van der Waals surface area contributed by atoms with Gasteiger partial charge in [0, 0.05) is 57.9 Å². The van der Waals surface area contributed by atoms with E-state index < -0.39 is 0 Å². The highest BCUT2D eigenvalue weighted by Crippen LogP contribution is 2.25. The van der Waals surface area contributed by atoms with Gasteiger partial charge >= 0.3 is 0 Å². The van der Waals surface area contributed by atoms with Gasteiger partial charge in [-0.05, 0) is 30.4 Å². The Hall–Kier alpha value is -3.52. The van der Waals surface area contributed by atoms with Gasteiger partial charge in [-0.1, -0.05) is 67.6 Å². The van der Waals surface area contributed by atoms with Crippen LogP contribution in [0.5, 0.6) is 0 Å². The van der Waals surface area contributed by atoms with E-state index in [0.717, 1.165) is 56.7 Å². The number of nitrogens with one attached hydrogen (secondary N) is 1. The van der Waals surface area contributed by atoms with Crippen molar-refractivity contribution in [3.8, 4) is 0 Å². The third-order valence-corrected chi connectivity index (χ3v) is 8.05. The van der Waals surface area contributed by atoms with E-state index in [4.69, 9.17) is 5.10 Å². The Balaban J connectivity index is 1.09. The van der Waals surface area contributed by atoms with Crippen LogP contribution in [0.15, 0.2) is 67.0 Å². The molecular weight excluding hydrogens is 488 g/mol. The first-order chi connectivity index (χ1) is 19.1. The normalized spacial score (nSPS) is 17.5. The molecule has 39 heavy (non-hydrogen) atoms. The van der Waals surface area contributed by atoms with Crippen LogP contribution in [0.1, 0.15) is 68.1 Å². The Morgan fingerprint density at radius 3 is 2.38 bits per heavy atom. The number of carbonyl (C=O) groups excluding carboxylic acids is 2. The van der Waals surface area contributed by atoms with Crippen LogP contribution < -0.4 is 5.32 Å². The van der Waals surface area contributed by atoms with Gasteiger partial charge < -0.3 is 15.1 Å². The lowest BCUT2D eigenvalue weighted by Crippen LogP contribution is -2.51. The van der Waals surface area contributed by atoms with Crippen LogP contribution in [0.2, 0.25) is 0 Å². The summed E-state index contributed by atoms with van der Waals surface area (Å²) in [6.07, 6.45) is 6.62. The van der Waals surface area contributed by atoms with E-state index in [1.165, 1.54) is 5.56 Å². The third-order valence-electron chi connectivity index (χ3n) is 8.05. The van der Waals surface area contributed by atoms with Crippen LogP contribution in [-0.2, 0) is 16.0 Å². The van der Waals surface area contributed by atoms with Crippen LogP contribution in [0.3, 0.4) is 0 Å². The number of rotatable bonds is 11. The largest absolute Gasteiger partial charge is 0.349 e. The minimum Gasteiger partial charge on any atom is -0.349 e. The first-order valence-electron chi connectivity index (χ1n) is 14.4. The van der Waals surface area contributed by atoms with Crippen LogP contribution in [-0.4, -0.2) is 69.1 Å². The van der Waals surface area contributed by atoms with Crippen LogP contribution in [0, 0.1) is 5.92 Å². The zero-order chi connectivity index (χ0) is 27.0. The highest BCUT2D eigenvalue weighted by molar-refractivity contribution is 5.79. The molecule has 0 saturated carbocycles. The minimum absolute atomic E-state index is 0.0132. The van der Waals surface area contributed by atoms with Gasteiger partial charge in [-0.2, -0.15) is 5.10 Å². The summed E-state index contributed by atoms with van der Waals surface area (Å²) in [5, 5.41) is 8.07. The first-order valence-corrected chi connectivity index (χ1v) is 14.4. The Kier molecular flexibility index (Phi) is 9.04. The van der Waals surface area contributed by atoms with Crippen molar-refractivity contribution in [2.75, 3.05) is 32.7 Å². The summed E-state index contributed by atoms with van der Waals surface area (Å²) in [4.78, 5) is 33.6. The van der Waals surface area contributed by atoms with Crippen molar-refractivity contribution in [1.29, 1.82) is 0 Å². The average molecular weight is 529 g/mol. The Labute approximate surface area is 231 Å². The molecule has 2 saturated heterocycles. The molecule has 0 bridgehead atoms. The summed E-state index contributed by atoms with van der Waals surface area (Å²) in [5.41, 5.74) is 2.37. The van der Waals surface area contributed by atoms with E-state index in [1.54, 1.807) is 0 Å². The van der Waals surface area contributed by atoms with Crippen molar-refractivity contribution in [3.05, 3.63) is 83.9 Å². The lowest BCUT2D eigenvalue weighted by atomic mass is 9.94. The number of benzene rings is 2. The summed E-state index contributed by atoms with van der Waals surface area (Å²) in [6, 6.07) is 21.0. The highest BCUT2D eigenvalue weighted by atomic mass is 16.2. The van der Waals surface area contributed by atoms with E-state index in [1.807, 2.05) is 54.5 Å². The van der Waals surface area contributed by atoms with Crippen molar-refractivity contribution < 1.29 is 9.59 Å². The number of carbonyl (C=O) groups is 2. The smallest absolute Gasteiger partial charge is 0.222 e. The summed E-state index contributed by atoms with van der Waals surface area (Å²) >= 11 is 0.